The Bertz CT molecular complexity index is 911. The summed E-state index contributed by atoms with van der Waals surface area (Å²) in [5.41, 5.74) is 0.497. The van der Waals surface area contributed by atoms with Crippen molar-refractivity contribution in [2.24, 2.45) is 0 Å². The van der Waals surface area contributed by atoms with Gasteiger partial charge in [-0.2, -0.15) is 8.78 Å². The highest BCUT2D eigenvalue weighted by molar-refractivity contribution is 7.19. The summed E-state index contributed by atoms with van der Waals surface area (Å²) in [6.07, 6.45) is 2.48. The lowest BCUT2D eigenvalue weighted by atomic mass is 10.3. The minimum atomic E-state index is -2.71. The predicted molar refractivity (Wildman–Crippen MR) is 94.9 cm³/mol. The maximum atomic E-state index is 13.0. The van der Waals surface area contributed by atoms with Crippen molar-refractivity contribution in [3.05, 3.63) is 47.4 Å². The first-order valence-electron chi connectivity index (χ1n) is 7.41. The molecule has 0 unspecified atom stereocenters. The van der Waals surface area contributed by atoms with Gasteiger partial charge in [-0.05, 0) is 31.2 Å². The summed E-state index contributed by atoms with van der Waals surface area (Å²) in [5, 5.41) is 3.44. The van der Waals surface area contributed by atoms with Crippen LogP contribution >= 0.6 is 22.9 Å². The largest absolute Gasteiger partial charge is 0.484 e. The topological polar surface area (TPSA) is 69.0 Å². The van der Waals surface area contributed by atoms with Crippen molar-refractivity contribution in [3.8, 4) is 16.5 Å². The number of carbonyl (C=O) groups excluding carboxylic acids is 1. The zero-order valence-corrected chi connectivity index (χ0v) is 15.0. The van der Waals surface area contributed by atoms with E-state index in [2.05, 4.69) is 15.3 Å². The molecule has 0 aliphatic rings. The smallest absolute Gasteiger partial charge is 0.320 e. The van der Waals surface area contributed by atoms with Crippen molar-refractivity contribution in [1.82, 2.24) is 14.5 Å². The van der Waals surface area contributed by atoms with Gasteiger partial charge in [-0.1, -0.05) is 22.9 Å². The maximum Gasteiger partial charge on any atom is 0.320 e. The molecule has 6 nitrogen and oxygen atoms in total. The molecule has 1 N–H and O–H groups in total. The zero-order valence-electron chi connectivity index (χ0n) is 13.4. The summed E-state index contributed by atoms with van der Waals surface area (Å²) < 4.78 is 32.1. The van der Waals surface area contributed by atoms with Gasteiger partial charge in [-0.25, -0.2) is 9.97 Å². The number of ether oxygens (including phenoxy) is 1. The van der Waals surface area contributed by atoms with Crippen molar-refractivity contribution < 1.29 is 18.3 Å². The van der Waals surface area contributed by atoms with Crippen LogP contribution in [-0.2, 0) is 4.79 Å². The number of nitrogens with one attached hydrogen (secondary N) is 1. The van der Waals surface area contributed by atoms with Crippen LogP contribution in [0.4, 0.5) is 13.9 Å². The molecule has 0 fully saturated rings. The van der Waals surface area contributed by atoms with E-state index in [4.69, 9.17) is 16.3 Å². The van der Waals surface area contributed by atoms with Crippen LogP contribution in [0.3, 0.4) is 0 Å². The highest BCUT2D eigenvalue weighted by atomic mass is 35.5. The van der Waals surface area contributed by atoms with Gasteiger partial charge in [0, 0.05) is 17.4 Å². The molecule has 0 saturated carbocycles. The SMILES string of the molecule is Cc1nc(NC(=O)COc2ccc(Cl)cc2)sc1-c1nccn1C(F)F. The molecule has 3 aromatic rings. The predicted octanol–water partition coefficient (Wildman–Crippen LogP) is 4.38. The Balaban J connectivity index is 1.66. The third-order valence-electron chi connectivity index (χ3n) is 3.31. The van der Waals surface area contributed by atoms with Crippen LogP contribution in [0.5, 0.6) is 5.75 Å². The van der Waals surface area contributed by atoms with E-state index in [1.165, 1.54) is 12.4 Å². The molecule has 10 heteroatoms. The fraction of sp³-hybridized carbons (Fsp3) is 0.188. The number of benzene rings is 1. The molecule has 136 valence electrons. The zero-order chi connectivity index (χ0) is 18.7. The van der Waals surface area contributed by atoms with Crippen molar-refractivity contribution in [1.29, 1.82) is 0 Å². The summed E-state index contributed by atoms with van der Waals surface area (Å²) >= 11 is 6.84. The van der Waals surface area contributed by atoms with Crippen molar-refractivity contribution in [2.75, 3.05) is 11.9 Å². The lowest BCUT2D eigenvalue weighted by Crippen LogP contribution is -2.20. The Hall–Kier alpha value is -2.52. The number of carbonyl (C=O) groups is 1. The maximum absolute atomic E-state index is 13.0. The highest BCUT2D eigenvalue weighted by Crippen LogP contribution is 2.33. The molecular weight excluding hydrogens is 386 g/mol. The number of nitrogens with zero attached hydrogens (tertiary/aromatic N) is 3. The number of thiazole rings is 1. The van der Waals surface area contributed by atoms with Crippen LogP contribution in [-0.4, -0.2) is 27.0 Å². The number of amides is 1. The molecule has 0 aliphatic carbocycles. The number of hydrogen-bond acceptors (Lipinski definition) is 5. The van der Waals surface area contributed by atoms with Gasteiger partial charge in [0.15, 0.2) is 17.6 Å². The molecule has 0 radical (unpaired) electrons. The van der Waals surface area contributed by atoms with Gasteiger partial charge in [0.25, 0.3) is 5.91 Å². The van der Waals surface area contributed by atoms with Crippen LogP contribution in [0, 0.1) is 6.92 Å². The van der Waals surface area contributed by atoms with Crippen LogP contribution in [0.25, 0.3) is 10.7 Å². The summed E-state index contributed by atoms with van der Waals surface area (Å²) in [5.74, 6) is 0.185. The standard InChI is InChI=1S/C16H13ClF2N4O2S/c1-9-13(14-20-6-7-23(14)15(18)19)26-16(21-9)22-12(24)8-25-11-4-2-10(17)3-5-11/h2-7,15H,8H2,1H3,(H,21,22,24). The Morgan fingerprint density at radius 3 is 2.81 bits per heavy atom. The number of anilines is 1. The van der Waals surface area contributed by atoms with Crippen LogP contribution in [0.2, 0.25) is 5.02 Å². The Kier molecular flexibility index (Phi) is 5.48. The second-order valence-corrected chi connectivity index (χ2v) is 6.60. The monoisotopic (exact) mass is 398 g/mol. The van der Waals surface area contributed by atoms with E-state index in [0.29, 0.717) is 21.3 Å². The molecule has 0 aliphatic heterocycles. The lowest BCUT2D eigenvalue weighted by Gasteiger charge is -2.05. The second-order valence-electron chi connectivity index (χ2n) is 5.16. The lowest BCUT2D eigenvalue weighted by molar-refractivity contribution is -0.118. The first-order chi connectivity index (χ1) is 12.4. The van der Waals surface area contributed by atoms with E-state index in [0.717, 1.165) is 15.9 Å². The van der Waals surface area contributed by atoms with Gasteiger partial charge in [0.05, 0.1) is 10.6 Å². The molecule has 0 bridgehead atoms. The van der Waals surface area contributed by atoms with Crippen molar-refractivity contribution >= 4 is 34.0 Å². The van der Waals surface area contributed by atoms with E-state index in [9.17, 15) is 13.6 Å². The Morgan fingerprint density at radius 1 is 1.38 bits per heavy atom. The first kappa shape index (κ1) is 18.3. The minimum absolute atomic E-state index is 0.105. The van der Waals surface area contributed by atoms with E-state index in [1.807, 2.05) is 0 Å². The van der Waals surface area contributed by atoms with Gasteiger partial charge in [-0.15, -0.1) is 0 Å². The molecule has 1 aromatic carbocycles. The third kappa shape index (κ3) is 4.17. The molecule has 2 aromatic heterocycles. The summed E-state index contributed by atoms with van der Waals surface area (Å²) in [6, 6.07) is 6.59. The summed E-state index contributed by atoms with van der Waals surface area (Å²) in [4.78, 5) is 20.6. The van der Waals surface area contributed by atoms with Crippen LogP contribution in [0.15, 0.2) is 36.7 Å². The van der Waals surface area contributed by atoms with Crippen LogP contribution < -0.4 is 10.1 Å². The summed E-state index contributed by atoms with van der Waals surface area (Å²) in [7, 11) is 0. The number of imidazole rings is 1. The first-order valence-corrected chi connectivity index (χ1v) is 8.60. The quantitative estimate of drug-likeness (QED) is 0.669. The fourth-order valence-corrected chi connectivity index (χ4v) is 3.25. The Morgan fingerprint density at radius 2 is 2.12 bits per heavy atom. The van der Waals surface area contributed by atoms with Gasteiger partial charge < -0.3 is 4.74 Å². The average Bonchev–Trinajstić information content (AvgIpc) is 3.20. The fourth-order valence-electron chi connectivity index (χ4n) is 2.14. The third-order valence-corrected chi connectivity index (χ3v) is 4.63. The van der Waals surface area contributed by atoms with Gasteiger partial charge in [-0.3, -0.25) is 14.7 Å². The number of hydrogen-bond donors (Lipinski definition) is 1. The van der Waals surface area contributed by atoms with Gasteiger partial charge >= 0.3 is 6.55 Å². The number of rotatable bonds is 6. The Labute approximate surface area is 156 Å². The van der Waals surface area contributed by atoms with E-state index < -0.39 is 12.5 Å². The highest BCUT2D eigenvalue weighted by Gasteiger charge is 2.19. The van der Waals surface area contributed by atoms with E-state index >= 15 is 0 Å². The average molecular weight is 399 g/mol. The molecule has 3 rings (SSSR count). The number of halogens is 3. The van der Waals surface area contributed by atoms with Crippen LogP contribution in [0.1, 0.15) is 12.2 Å². The normalized spacial score (nSPS) is 11.0. The number of aryl methyl sites for hydroxylation is 1. The molecule has 0 atom stereocenters. The number of alkyl halides is 2. The molecule has 0 saturated heterocycles. The molecule has 0 spiro atoms. The van der Waals surface area contributed by atoms with E-state index in [-0.39, 0.29) is 17.6 Å². The van der Waals surface area contributed by atoms with Crippen molar-refractivity contribution in [2.45, 2.75) is 13.5 Å². The van der Waals surface area contributed by atoms with Gasteiger partial charge in [0.1, 0.15) is 5.75 Å². The summed E-state index contributed by atoms with van der Waals surface area (Å²) in [6.45, 7) is -1.27. The molecule has 2 heterocycles. The molecule has 26 heavy (non-hydrogen) atoms. The number of aromatic nitrogens is 3. The minimum Gasteiger partial charge on any atom is -0.484 e. The van der Waals surface area contributed by atoms with E-state index in [1.54, 1.807) is 31.2 Å². The second kappa shape index (κ2) is 7.79. The van der Waals surface area contributed by atoms with Gasteiger partial charge in [0.2, 0.25) is 0 Å². The molecule has 1 amide bonds. The molecular formula is C16H13ClF2N4O2S. The van der Waals surface area contributed by atoms with Crippen molar-refractivity contribution in [3.63, 3.8) is 0 Å².